The summed E-state index contributed by atoms with van der Waals surface area (Å²) in [6, 6.07) is 6.00. The Balaban J connectivity index is 1.50. The van der Waals surface area contributed by atoms with E-state index < -0.39 is 0 Å². The van der Waals surface area contributed by atoms with Crippen molar-refractivity contribution in [3.8, 4) is 0 Å². The zero-order chi connectivity index (χ0) is 17.8. The van der Waals surface area contributed by atoms with Crippen molar-refractivity contribution in [2.75, 3.05) is 50.8 Å². The monoisotopic (exact) mass is 345 g/mol. The van der Waals surface area contributed by atoms with E-state index in [2.05, 4.69) is 17.1 Å². The highest BCUT2D eigenvalue weighted by Crippen LogP contribution is 2.26. The molecule has 3 rings (SSSR count). The quantitative estimate of drug-likeness (QED) is 0.868. The average Bonchev–Trinajstić information content (AvgIpc) is 3.00. The van der Waals surface area contributed by atoms with Crippen LogP contribution in [-0.2, 0) is 14.3 Å². The third-order valence-corrected chi connectivity index (χ3v) is 5.13. The predicted octanol–water partition coefficient (Wildman–Crippen LogP) is 1.10. The smallest absolute Gasteiger partial charge is 0.227 e. The van der Waals surface area contributed by atoms with Gasteiger partial charge in [0.05, 0.1) is 19.1 Å². The third kappa shape index (κ3) is 4.38. The molecule has 0 spiro atoms. The Bertz CT molecular complexity index is 641. The van der Waals surface area contributed by atoms with Crippen LogP contribution in [0.15, 0.2) is 18.2 Å². The molecule has 2 aliphatic rings. The van der Waals surface area contributed by atoms with Gasteiger partial charge in [-0.25, -0.2) is 0 Å². The Morgan fingerprint density at radius 1 is 1.24 bits per heavy atom. The first-order valence-electron chi connectivity index (χ1n) is 9.00. The first-order chi connectivity index (χ1) is 12.0. The van der Waals surface area contributed by atoms with E-state index in [1.165, 1.54) is 5.56 Å². The summed E-state index contributed by atoms with van der Waals surface area (Å²) in [4.78, 5) is 28.7. The summed E-state index contributed by atoms with van der Waals surface area (Å²) in [6.45, 7) is 9.35. The van der Waals surface area contributed by atoms with Gasteiger partial charge in [0.1, 0.15) is 0 Å². The van der Waals surface area contributed by atoms with Gasteiger partial charge in [-0.15, -0.1) is 0 Å². The Morgan fingerprint density at radius 3 is 2.72 bits per heavy atom. The van der Waals surface area contributed by atoms with E-state index in [1.807, 2.05) is 25.1 Å². The minimum Gasteiger partial charge on any atom is -0.379 e. The van der Waals surface area contributed by atoms with Crippen molar-refractivity contribution in [2.24, 2.45) is 5.92 Å². The largest absolute Gasteiger partial charge is 0.379 e. The number of benzene rings is 1. The molecule has 6 nitrogen and oxygen atoms in total. The highest BCUT2D eigenvalue weighted by atomic mass is 16.5. The maximum absolute atomic E-state index is 12.4. The number of carbonyl (C=O) groups excluding carboxylic acids is 2. The first kappa shape index (κ1) is 17.9. The fourth-order valence-electron chi connectivity index (χ4n) is 3.33. The van der Waals surface area contributed by atoms with E-state index in [1.54, 1.807) is 4.90 Å². The SMILES string of the molecule is Cc1ccc(N2C[C@@H](C(=O)NCCN3CCOCC3)CC2=O)cc1C. The third-order valence-electron chi connectivity index (χ3n) is 5.13. The normalized spacial score (nSPS) is 21.6. The van der Waals surface area contributed by atoms with Crippen LogP contribution in [-0.4, -0.2) is 62.7 Å². The topological polar surface area (TPSA) is 61.9 Å². The summed E-state index contributed by atoms with van der Waals surface area (Å²) in [7, 11) is 0. The van der Waals surface area contributed by atoms with Gasteiger partial charge < -0.3 is 15.0 Å². The molecule has 2 fully saturated rings. The van der Waals surface area contributed by atoms with Crippen LogP contribution in [0.4, 0.5) is 5.69 Å². The van der Waals surface area contributed by atoms with Crippen LogP contribution in [0.5, 0.6) is 0 Å². The van der Waals surface area contributed by atoms with Gasteiger partial charge in [0.25, 0.3) is 0 Å². The molecular formula is C19H27N3O3. The van der Waals surface area contributed by atoms with Crippen LogP contribution >= 0.6 is 0 Å². The fourth-order valence-corrected chi connectivity index (χ4v) is 3.33. The molecule has 2 heterocycles. The fraction of sp³-hybridized carbons (Fsp3) is 0.579. The van der Waals surface area contributed by atoms with Crippen molar-refractivity contribution in [1.82, 2.24) is 10.2 Å². The summed E-state index contributed by atoms with van der Waals surface area (Å²) >= 11 is 0. The summed E-state index contributed by atoms with van der Waals surface area (Å²) in [6.07, 6.45) is 0.288. The maximum Gasteiger partial charge on any atom is 0.227 e. The van der Waals surface area contributed by atoms with Gasteiger partial charge in [-0.2, -0.15) is 0 Å². The molecule has 0 bridgehead atoms. The molecule has 0 aromatic heterocycles. The van der Waals surface area contributed by atoms with Gasteiger partial charge in [-0.3, -0.25) is 14.5 Å². The van der Waals surface area contributed by atoms with E-state index in [4.69, 9.17) is 4.74 Å². The molecule has 6 heteroatoms. The molecule has 1 N–H and O–H groups in total. The molecule has 0 unspecified atom stereocenters. The van der Waals surface area contributed by atoms with Crippen LogP contribution in [0.25, 0.3) is 0 Å². The van der Waals surface area contributed by atoms with Crippen LogP contribution in [0.2, 0.25) is 0 Å². The number of hydrogen-bond acceptors (Lipinski definition) is 4. The number of anilines is 1. The van der Waals surface area contributed by atoms with Crippen LogP contribution < -0.4 is 10.2 Å². The zero-order valence-corrected chi connectivity index (χ0v) is 15.1. The maximum atomic E-state index is 12.4. The molecule has 0 aliphatic carbocycles. The minimum absolute atomic E-state index is 0.0204. The Hall–Kier alpha value is -1.92. The van der Waals surface area contributed by atoms with Crippen molar-refractivity contribution in [3.05, 3.63) is 29.3 Å². The van der Waals surface area contributed by atoms with Crippen LogP contribution in [0.1, 0.15) is 17.5 Å². The second-order valence-corrected chi connectivity index (χ2v) is 6.92. The lowest BCUT2D eigenvalue weighted by Gasteiger charge is -2.26. The number of rotatable bonds is 5. The number of ether oxygens (including phenoxy) is 1. The van der Waals surface area contributed by atoms with Gasteiger partial charge in [-0.1, -0.05) is 6.07 Å². The van der Waals surface area contributed by atoms with Crippen molar-refractivity contribution in [2.45, 2.75) is 20.3 Å². The number of nitrogens with zero attached hydrogens (tertiary/aromatic N) is 2. The molecule has 25 heavy (non-hydrogen) atoms. The van der Waals surface area contributed by atoms with Gasteiger partial charge >= 0.3 is 0 Å². The molecule has 136 valence electrons. The van der Waals surface area contributed by atoms with Gasteiger partial charge in [0, 0.05) is 44.8 Å². The second-order valence-electron chi connectivity index (χ2n) is 6.92. The number of amides is 2. The lowest BCUT2D eigenvalue weighted by atomic mass is 10.1. The Morgan fingerprint density at radius 2 is 2.00 bits per heavy atom. The highest BCUT2D eigenvalue weighted by Gasteiger charge is 2.35. The summed E-state index contributed by atoms with van der Waals surface area (Å²) in [5.74, 6) is -0.261. The molecule has 0 radical (unpaired) electrons. The highest BCUT2D eigenvalue weighted by molar-refractivity contribution is 6.00. The second kappa shape index (κ2) is 7.97. The van der Waals surface area contributed by atoms with Gasteiger partial charge in [0.2, 0.25) is 11.8 Å². The molecule has 2 saturated heterocycles. The number of nitrogens with one attached hydrogen (secondary N) is 1. The van der Waals surface area contributed by atoms with Gasteiger partial charge in [-0.05, 0) is 37.1 Å². The average molecular weight is 345 g/mol. The van der Waals surface area contributed by atoms with Crippen molar-refractivity contribution < 1.29 is 14.3 Å². The standard InChI is InChI=1S/C19H27N3O3/c1-14-3-4-17(11-15(14)2)22-13-16(12-18(22)23)19(24)20-5-6-21-7-9-25-10-8-21/h3-4,11,16H,5-10,12-13H2,1-2H3,(H,20,24)/t16-/m0/s1. The Kier molecular flexibility index (Phi) is 5.71. The number of aryl methyl sites for hydroxylation is 2. The number of morpholine rings is 1. The molecular weight excluding hydrogens is 318 g/mol. The molecule has 1 aromatic carbocycles. The molecule has 1 aromatic rings. The summed E-state index contributed by atoms with van der Waals surface area (Å²) in [5, 5.41) is 2.98. The Labute approximate surface area is 149 Å². The molecule has 0 saturated carbocycles. The first-order valence-corrected chi connectivity index (χ1v) is 9.00. The predicted molar refractivity (Wildman–Crippen MR) is 96.6 cm³/mol. The van der Waals surface area contributed by atoms with E-state index in [-0.39, 0.29) is 24.2 Å². The van der Waals surface area contributed by atoms with Crippen molar-refractivity contribution in [1.29, 1.82) is 0 Å². The minimum atomic E-state index is -0.265. The van der Waals surface area contributed by atoms with E-state index in [0.29, 0.717) is 13.1 Å². The number of hydrogen-bond donors (Lipinski definition) is 1. The molecule has 2 amide bonds. The summed E-state index contributed by atoms with van der Waals surface area (Å²) in [5.41, 5.74) is 3.24. The molecule has 2 aliphatic heterocycles. The van der Waals surface area contributed by atoms with E-state index >= 15 is 0 Å². The zero-order valence-electron chi connectivity index (χ0n) is 15.1. The number of carbonyl (C=O) groups is 2. The van der Waals surface area contributed by atoms with Crippen LogP contribution in [0.3, 0.4) is 0 Å². The summed E-state index contributed by atoms with van der Waals surface area (Å²) < 4.78 is 5.32. The lowest BCUT2D eigenvalue weighted by molar-refractivity contribution is -0.126. The van der Waals surface area contributed by atoms with Crippen LogP contribution in [0, 0.1) is 19.8 Å². The van der Waals surface area contributed by atoms with Crippen molar-refractivity contribution >= 4 is 17.5 Å². The van der Waals surface area contributed by atoms with Crippen molar-refractivity contribution in [3.63, 3.8) is 0 Å². The van der Waals surface area contributed by atoms with Gasteiger partial charge in [0.15, 0.2) is 0 Å². The van der Waals surface area contributed by atoms with E-state index in [9.17, 15) is 9.59 Å². The van der Waals surface area contributed by atoms with E-state index in [0.717, 1.165) is 44.1 Å². The molecule has 1 atom stereocenters. The lowest BCUT2D eigenvalue weighted by Crippen LogP contribution is -2.42.